The average Bonchev–Trinajstić information content (AvgIpc) is 3.29. The van der Waals surface area contributed by atoms with Crippen LogP contribution >= 0.6 is 0 Å². The number of benzene rings is 8. The Hall–Kier alpha value is -8.36. The summed E-state index contributed by atoms with van der Waals surface area (Å²) in [6.07, 6.45) is 5.85. The second-order valence-electron chi connectivity index (χ2n) is 13.5. The van der Waals surface area contributed by atoms with Gasteiger partial charge in [-0.15, -0.1) is 0 Å². The van der Waals surface area contributed by atoms with Gasteiger partial charge >= 0.3 is 23.9 Å². The Morgan fingerprint density at radius 3 is 1.12 bits per heavy atom. The van der Waals surface area contributed by atoms with Crippen molar-refractivity contribution >= 4 is 57.6 Å². The lowest BCUT2D eigenvalue weighted by Gasteiger charge is -2.18. The first-order chi connectivity index (χ1) is 29.4. The highest BCUT2D eigenvalue weighted by Crippen LogP contribution is 2.45. The van der Waals surface area contributed by atoms with Crippen molar-refractivity contribution in [3.8, 4) is 34.1 Å². The van der Waals surface area contributed by atoms with Crippen LogP contribution in [0, 0.1) is 0 Å². The molecule has 60 heavy (non-hydrogen) atoms. The summed E-state index contributed by atoms with van der Waals surface area (Å²) in [4.78, 5) is 51.8. The summed E-state index contributed by atoms with van der Waals surface area (Å²) in [5.41, 5.74) is 3.39. The van der Waals surface area contributed by atoms with Crippen LogP contribution in [0.4, 0.5) is 0 Å². The summed E-state index contributed by atoms with van der Waals surface area (Å²) in [5.74, 6) is -0.938. The van der Waals surface area contributed by atoms with Gasteiger partial charge in [0.15, 0.2) is 0 Å². The molecule has 0 amide bonds. The monoisotopic (exact) mass is 786 g/mol. The SMILES string of the molecule is O=C(/C=C/c1ccc(OC(=O)c2ccccc2)cc1)Oc1ccc2ccccc2c1-c1c(OC(=O)/C=C/c2ccc(OC(=O)c3ccccc3)cc2)ccc2ccccc12. The van der Waals surface area contributed by atoms with E-state index in [0.29, 0.717) is 44.9 Å². The first-order valence-corrected chi connectivity index (χ1v) is 19.0. The van der Waals surface area contributed by atoms with E-state index in [1.165, 1.54) is 12.2 Å². The number of ether oxygens (including phenoxy) is 4. The van der Waals surface area contributed by atoms with E-state index in [9.17, 15) is 19.2 Å². The third kappa shape index (κ3) is 9.09. The van der Waals surface area contributed by atoms with E-state index >= 15 is 0 Å². The van der Waals surface area contributed by atoms with Gasteiger partial charge in [0.05, 0.1) is 11.1 Å². The lowest BCUT2D eigenvalue weighted by Crippen LogP contribution is -2.08. The Bertz CT molecular complexity index is 2710. The molecule has 0 aliphatic carbocycles. The first-order valence-electron chi connectivity index (χ1n) is 19.0. The number of hydrogen-bond acceptors (Lipinski definition) is 8. The standard InChI is InChI=1S/C52H34O8/c53-47(33-23-35-19-27-41(28-20-35)57-51(55)39-13-3-1-4-14-39)59-45-31-25-37-11-7-9-17-43(37)49(45)50-44-18-10-8-12-38(44)26-32-46(50)60-48(54)34-24-36-21-29-42(30-22-36)58-52(56)40-15-5-2-6-16-40/h1-34H/b33-23+,34-24+. The van der Waals surface area contributed by atoms with E-state index in [4.69, 9.17) is 18.9 Å². The van der Waals surface area contributed by atoms with Gasteiger partial charge in [0.1, 0.15) is 23.0 Å². The molecule has 290 valence electrons. The largest absolute Gasteiger partial charge is 0.423 e. The second-order valence-corrected chi connectivity index (χ2v) is 13.5. The van der Waals surface area contributed by atoms with E-state index in [0.717, 1.165) is 21.5 Å². The Balaban J connectivity index is 1.03. The molecular weight excluding hydrogens is 753 g/mol. The van der Waals surface area contributed by atoms with Gasteiger partial charge in [-0.3, -0.25) is 0 Å². The van der Waals surface area contributed by atoms with Crippen molar-refractivity contribution in [3.63, 3.8) is 0 Å². The van der Waals surface area contributed by atoms with Crippen LogP contribution in [0.2, 0.25) is 0 Å². The second kappa shape index (κ2) is 17.8. The predicted octanol–water partition coefficient (Wildman–Crippen LogP) is 11.3. The Morgan fingerprint density at radius 1 is 0.350 bits per heavy atom. The molecule has 0 radical (unpaired) electrons. The van der Waals surface area contributed by atoms with Gasteiger partial charge in [-0.05, 0) is 105 Å². The fraction of sp³-hybridized carbons (Fsp3) is 0. The minimum Gasteiger partial charge on any atom is -0.423 e. The molecule has 8 aromatic carbocycles. The Kier molecular flexibility index (Phi) is 11.4. The van der Waals surface area contributed by atoms with Gasteiger partial charge in [-0.1, -0.05) is 121 Å². The minimum absolute atomic E-state index is 0.267. The zero-order valence-corrected chi connectivity index (χ0v) is 31.9. The smallest absolute Gasteiger partial charge is 0.343 e. The van der Waals surface area contributed by atoms with Crippen molar-refractivity contribution in [2.24, 2.45) is 0 Å². The molecule has 0 aliphatic rings. The van der Waals surface area contributed by atoms with Crippen LogP contribution in [0.15, 0.2) is 194 Å². The van der Waals surface area contributed by atoms with E-state index in [-0.39, 0.29) is 11.5 Å². The number of fused-ring (bicyclic) bond motifs is 2. The van der Waals surface area contributed by atoms with Gasteiger partial charge in [-0.25, -0.2) is 19.2 Å². The van der Waals surface area contributed by atoms with E-state index in [1.807, 2.05) is 72.8 Å². The quantitative estimate of drug-likeness (QED) is 0.0725. The molecule has 0 unspecified atom stereocenters. The first kappa shape index (κ1) is 38.5. The van der Waals surface area contributed by atoms with Crippen molar-refractivity contribution in [1.29, 1.82) is 0 Å². The van der Waals surface area contributed by atoms with Gasteiger partial charge in [0, 0.05) is 23.3 Å². The molecule has 8 rings (SSSR count). The molecule has 0 saturated heterocycles. The summed E-state index contributed by atoms with van der Waals surface area (Å²) >= 11 is 0. The summed E-state index contributed by atoms with van der Waals surface area (Å²) in [6.45, 7) is 0. The normalized spacial score (nSPS) is 11.1. The number of rotatable bonds is 11. The van der Waals surface area contributed by atoms with Crippen LogP contribution < -0.4 is 18.9 Å². The Labute approximate surface area is 345 Å². The molecule has 0 fully saturated rings. The van der Waals surface area contributed by atoms with Crippen LogP contribution in [-0.2, 0) is 9.59 Å². The van der Waals surface area contributed by atoms with Crippen molar-refractivity contribution in [1.82, 2.24) is 0 Å². The molecule has 0 heterocycles. The molecule has 8 heteroatoms. The zero-order chi connectivity index (χ0) is 41.3. The number of carbonyl (C=O) groups is 4. The van der Waals surface area contributed by atoms with Crippen LogP contribution in [0.25, 0.3) is 44.8 Å². The fourth-order valence-corrected chi connectivity index (χ4v) is 6.58. The summed E-state index contributed by atoms with van der Waals surface area (Å²) in [5, 5.41) is 3.34. The highest BCUT2D eigenvalue weighted by atomic mass is 16.5. The topological polar surface area (TPSA) is 105 Å². The molecule has 0 spiro atoms. The molecule has 0 saturated carbocycles. The van der Waals surface area contributed by atoms with E-state index in [2.05, 4.69) is 0 Å². The number of carbonyl (C=O) groups excluding carboxylic acids is 4. The third-order valence-corrected chi connectivity index (χ3v) is 9.48. The predicted molar refractivity (Wildman–Crippen MR) is 232 cm³/mol. The summed E-state index contributed by atoms with van der Waals surface area (Å²) < 4.78 is 23.0. The molecule has 0 aliphatic heterocycles. The number of esters is 4. The lowest BCUT2D eigenvalue weighted by atomic mass is 9.92. The van der Waals surface area contributed by atoms with Crippen LogP contribution in [0.1, 0.15) is 31.8 Å². The maximum Gasteiger partial charge on any atom is 0.343 e. The lowest BCUT2D eigenvalue weighted by molar-refractivity contribution is -0.129. The van der Waals surface area contributed by atoms with Crippen LogP contribution in [0.3, 0.4) is 0 Å². The molecule has 0 N–H and O–H groups in total. The molecule has 8 aromatic rings. The summed E-state index contributed by atoms with van der Waals surface area (Å²) in [7, 11) is 0. The van der Waals surface area contributed by atoms with Crippen molar-refractivity contribution in [2.45, 2.75) is 0 Å². The third-order valence-electron chi connectivity index (χ3n) is 9.48. The van der Waals surface area contributed by atoms with Crippen molar-refractivity contribution in [3.05, 3.63) is 216 Å². The highest BCUT2D eigenvalue weighted by molar-refractivity contribution is 6.11. The Morgan fingerprint density at radius 2 is 0.717 bits per heavy atom. The van der Waals surface area contributed by atoms with Gasteiger partial charge < -0.3 is 18.9 Å². The van der Waals surface area contributed by atoms with Crippen LogP contribution in [-0.4, -0.2) is 23.9 Å². The van der Waals surface area contributed by atoms with E-state index < -0.39 is 23.9 Å². The fourth-order valence-electron chi connectivity index (χ4n) is 6.58. The molecular formula is C52H34O8. The van der Waals surface area contributed by atoms with Gasteiger partial charge in [-0.2, -0.15) is 0 Å². The minimum atomic E-state index is -0.631. The van der Waals surface area contributed by atoms with Crippen LogP contribution in [0.5, 0.6) is 23.0 Å². The maximum absolute atomic E-state index is 13.5. The van der Waals surface area contributed by atoms with E-state index in [1.54, 1.807) is 121 Å². The molecule has 0 atom stereocenters. The maximum atomic E-state index is 13.5. The summed E-state index contributed by atoms with van der Waals surface area (Å²) in [6, 6.07) is 53.5. The highest BCUT2D eigenvalue weighted by Gasteiger charge is 2.21. The molecule has 0 bridgehead atoms. The average molecular weight is 787 g/mol. The van der Waals surface area contributed by atoms with Crippen molar-refractivity contribution in [2.75, 3.05) is 0 Å². The van der Waals surface area contributed by atoms with Crippen molar-refractivity contribution < 1.29 is 38.1 Å². The van der Waals surface area contributed by atoms with Gasteiger partial charge in [0.2, 0.25) is 0 Å². The number of hydrogen-bond donors (Lipinski definition) is 0. The molecule has 8 nitrogen and oxygen atoms in total. The van der Waals surface area contributed by atoms with Gasteiger partial charge in [0.25, 0.3) is 0 Å². The molecule has 0 aromatic heterocycles. The zero-order valence-electron chi connectivity index (χ0n) is 31.9.